The van der Waals surface area contributed by atoms with Gasteiger partial charge in [0.25, 0.3) is 10.0 Å². The van der Waals surface area contributed by atoms with E-state index in [0.29, 0.717) is 60.9 Å². The van der Waals surface area contributed by atoms with Crippen molar-refractivity contribution in [3.05, 3.63) is 64.2 Å². The van der Waals surface area contributed by atoms with Gasteiger partial charge in [0.15, 0.2) is 11.5 Å². The number of piperidine rings is 1. The monoisotopic (exact) mass is 495 g/mol. The standard InChI is InChI=1S/C26H29N3O5S/c1-16-4-6-21(12-17(16)2)24-18(3)25(28-35(24,31)32)29-10-8-20(9-11-29)26(30)27-14-19-5-7-22-23(13-19)34-15-33-22/h4-7,12-13,20H,8-11,14-15H2,1-3H3,(H,27,30). The van der Waals surface area contributed by atoms with Gasteiger partial charge in [0.1, 0.15) is 10.7 Å². The van der Waals surface area contributed by atoms with Crippen LogP contribution in [0.5, 0.6) is 11.5 Å². The number of amidine groups is 1. The van der Waals surface area contributed by atoms with Crippen LogP contribution in [0.2, 0.25) is 0 Å². The van der Waals surface area contributed by atoms with Crippen LogP contribution in [0.25, 0.3) is 4.91 Å². The number of sulfonamides is 1. The molecule has 0 aromatic heterocycles. The molecule has 3 aliphatic rings. The van der Waals surface area contributed by atoms with Crippen LogP contribution in [0, 0.1) is 19.8 Å². The van der Waals surface area contributed by atoms with Gasteiger partial charge in [-0.25, -0.2) is 0 Å². The van der Waals surface area contributed by atoms with E-state index >= 15 is 0 Å². The summed E-state index contributed by atoms with van der Waals surface area (Å²) in [6.07, 6.45) is 1.27. The van der Waals surface area contributed by atoms with E-state index in [4.69, 9.17) is 9.47 Å². The fraction of sp³-hybridized carbons (Fsp3) is 0.385. The Labute approximate surface area is 205 Å². The number of hydrogen-bond donors (Lipinski definition) is 1. The van der Waals surface area contributed by atoms with Crippen LogP contribution in [-0.4, -0.2) is 44.9 Å². The molecule has 1 saturated heterocycles. The summed E-state index contributed by atoms with van der Waals surface area (Å²) in [5.41, 5.74) is 4.44. The summed E-state index contributed by atoms with van der Waals surface area (Å²) in [7, 11) is -3.76. The molecule has 1 fully saturated rings. The number of aryl methyl sites for hydroxylation is 2. The third-order valence-electron chi connectivity index (χ3n) is 6.98. The largest absolute Gasteiger partial charge is 0.454 e. The molecule has 0 saturated carbocycles. The summed E-state index contributed by atoms with van der Waals surface area (Å²) in [4.78, 5) is 15.0. The Morgan fingerprint density at radius 2 is 1.77 bits per heavy atom. The fourth-order valence-electron chi connectivity index (χ4n) is 4.80. The van der Waals surface area contributed by atoms with Crippen molar-refractivity contribution in [2.24, 2.45) is 10.3 Å². The second kappa shape index (κ2) is 9.03. The molecule has 2 aromatic carbocycles. The van der Waals surface area contributed by atoms with Crippen molar-refractivity contribution in [2.75, 3.05) is 19.9 Å². The van der Waals surface area contributed by atoms with Crippen LogP contribution in [0.1, 0.15) is 42.0 Å². The number of carbonyl (C=O) groups is 1. The molecule has 0 aliphatic carbocycles. The van der Waals surface area contributed by atoms with Crippen LogP contribution < -0.4 is 14.8 Å². The van der Waals surface area contributed by atoms with Crippen molar-refractivity contribution in [3.63, 3.8) is 0 Å². The van der Waals surface area contributed by atoms with E-state index in [1.165, 1.54) is 0 Å². The molecule has 0 atom stereocenters. The van der Waals surface area contributed by atoms with E-state index in [1.54, 1.807) is 0 Å². The van der Waals surface area contributed by atoms with Crippen molar-refractivity contribution >= 4 is 26.7 Å². The van der Waals surface area contributed by atoms with Crippen molar-refractivity contribution in [3.8, 4) is 11.5 Å². The molecule has 0 unspecified atom stereocenters. The Hall–Kier alpha value is -3.33. The number of likely N-dealkylation sites (tertiary alicyclic amines) is 1. The van der Waals surface area contributed by atoms with Gasteiger partial charge in [-0.3, -0.25) is 4.79 Å². The number of ether oxygens (including phenoxy) is 2. The van der Waals surface area contributed by atoms with Crippen molar-refractivity contribution in [1.82, 2.24) is 10.2 Å². The molecule has 35 heavy (non-hydrogen) atoms. The van der Waals surface area contributed by atoms with Gasteiger partial charge < -0.3 is 19.7 Å². The van der Waals surface area contributed by atoms with E-state index in [1.807, 2.05) is 62.1 Å². The van der Waals surface area contributed by atoms with Crippen LogP contribution >= 0.6 is 0 Å². The molecule has 3 aliphatic heterocycles. The number of fused-ring (bicyclic) bond motifs is 1. The minimum Gasteiger partial charge on any atom is -0.454 e. The molecule has 8 nitrogen and oxygen atoms in total. The number of nitrogens with zero attached hydrogens (tertiary/aromatic N) is 2. The van der Waals surface area contributed by atoms with Gasteiger partial charge in [-0.2, -0.15) is 8.42 Å². The molecule has 1 amide bonds. The quantitative estimate of drug-likeness (QED) is 0.697. The summed E-state index contributed by atoms with van der Waals surface area (Å²) in [6.45, 7) is 7.58. The predicted molar refractivity (Wildman–Crippen MR) is 134 cm³/mol. The van der Waals surface area contributed by atoms with E-state index in [2.05, 4.69) is 9.71 Å². The molecular weight excluding hydrogens is 466 g/mol. The zero-order chi connectivity index (χ0) is 24.7. The van der Waals surface area contributed by atoms with Gasteiger partial charge in [0.2, 0.25) is 12.7 Å². The number of benzene rings is 2. The Morgan fingerprint density at radius 3 is 2.51 bits per heavy atom. The maximum atomic E-state index is 12.9. The van der Waals surface area contributed by atoms with Gasteiger partial charge in [0.05, 0.1) is 0 Å². The van der Waals surface area contributed by atoms with Crippen molar-refractivity contribution in [2.45, 2.75) is 40.2 Å². The Morgan fingerprint density at radius 1 is 1.03 bits per heavy atom. The highest BCUT2D eigenvalue weighted by Gasteiger charge is 2.35. The Bertz CT molecular complexity index is 1360. The normalized spacial score (nSPS) is 19.2. The third-order valence-corrected chi connectivity index (χ3v) is 8.45. The first-order valence-electron chi connectivity index (χ1n) is 11.8. The minimum atomic E-state index is -3.76. The first kappa shape index (κ1) is 23.4. The summed E-state index contributed by atoms with van der Waals surface area (Å²) < 4.78 is 40.7. The van der Waals surface area contributed by atoms with E-state index in [-0.39, 0.29) is 23.5 Å². The molecule has 0 spiro atoms. The summed E-state index contributed by atoms with van der Waals surface area (Å²) in [5.74, 6) is 1.79. The van der Waals surface area contributed by atoms with Crippen LogP contribution in [-0.2, 0) is 21.4 Å². The molecule has 5 rings (SSSR count). The number of amides is 1. The second-order valence-electron chi connectivity index (χ2n) is 9.31. The lowest BCUT2D eigenvalue weighted by Crippen LogP contribution is -2.43. The van der Waals surface area contributed by atoms with Gasteiger partial charge in [-0.05, 0) is 68.0 Å². The zero-order valence-corrected chi connectivity index (χ0v) is 20.9. The van der Waals surface area contributed by atoms with Gasteiger partial charge in [0, 0.05) is 31.1 Å². The maximum Gasteiger partial charge on any atom is 0.285 e. The molecule has 9 heteroatoms. The molecule has 0 radical (unpaired) electrons. The summed E-state index contributed by atoms with van der Waals surface area (Å²) in [6, 6.07) is 11.3. The Balaban J connectivity index is 1.22. The Kier molecular flexibility index (Phi) is 6.04. The molecule has 184 valence electrons. The number of nitrogens with one attached hydrogen (secondary N) is 1. The average molecular weight is 496 g/mol. The summed E-state index contributed by atoms with van der Waals surface area (Å²) in [5, 5.41) is 3.02. The second-order valence-corrected chi connectivity index (χ2v) is 10.9. The fourth-order valence-corrected chi connectivity index (χ4v) is 6.28. The number of hydrogen-bond acceptors (Lipinski definition) is 6. The van der Waals surface area contributed by atoms with Gasteiger partial charge in [-0.1, -0.05) is 24.3 Å². The lowest BCUT2D eigenvalue weighted by molar-refractivity contribution is -0.126. The average Bonchev–Trinajstić information content (AvgIpc) is 3.40. The van der Waals surface area contributed by atoms with Crippen LogP contribution in [0.4, 0.5) is 0 Å². The predicted octanol–water partition coefficient (Wildman–Crippen LogP) is 3.53. The first-order valence-corrected chi connectivity index (χ1v) is 13.2. The van der Waals surface area contributed by atoms with E-state index in [9.17, 15) is 13.2 Å². The number of carbonyl (C=O) groups excluding carboxylic acids is 1. The maximum absolute atomic E-state index is 12.9. The SMILES string of the molecule is CC1=C(c2ccc(C)c(C)c2)S(=O)(=O)N=C1N1CCC(C(=O)NCc2ccc3c(c2)OCO3)CC1. The van der Waals surface area contributed by atoms with Gasteiger partial charge in [-0.15, -0.1) is 4.40 Å². The third kappa shape index (κ3) is 4.52. The molecule has 0 bridgehead atoms. The highest BCUT2D eigenvalue weighted by atomic mass is 32.2. The van der Waals surface area contributed by atoms with Crippen LogP contribution in [0.3, 0.4) is 0 Å². The van der Waals surface area contributed by atoms with Crippen molar-refractivity contribution in [1.29, 1.82) is 0 Å². The van der Waals surface area contributed by atoms with Crippen LogP contribution in [0.15, 0.2) is 46.4 Å². The molecule has 2 aromatic rings. The topological polar surface area (TPSA) is 97.3 Å². The van der Waals surface area contributed by atoms with Gasteiger partial charge >= 0.3 is 0 Å². The smallest absolute Gasteiger partial charge is 0.285 e. The highest BCUT2D eigenvalue weighted by Crippen LogP contribution is 2.36. The lowest BCUT2D eigenvalue weighted by atomic mass is 9.95. The summed E-state index contributed by atoms with van der Waals surface area (Å²) >= 11 is 0. The van der Waals surface area contributed by atoms with Crippen molar-refractivity contribution < 1.29 is 22.7 Å². The molecular formula is C26H29N3O5S. The minimum absolute atomic E-state index is 0.00591. The molecule has 3 heterocycles. The van der Waals surface area contributed by atoms with E-state index in [0.717, 1.165) is 16.7 Å². The first-order chi connectivity index (χ1) is 16.7. The zero-order valence-electron chi connectivity index (χ0n) is 20.1. The van der Waals surface area contributed by atoms with E-state index < -0.39 is 10.0 Å². The lowest BCUT2D eigenvalue weighted by Gasteiger charge is -2.32. The molecule has 1 N–H and O–H groups in total. The number of rotatable bonds is 4. The highest BCUT2D eigenvalue weighted by molar-refractivity contribution is 8.00.